The molecule has 0 amide bonds. The molecule has 20 heavy (non-hydrogen) atoms. The molecule has 5 nitrogen and oxygen atoms in total. The van der Waals surface area contributed by atoms with Crippen LogP contribution in [-0.2, 0) is 11.3 Å². The third-order valence-electron chi connectivity index (χ3n) is 2.42. The number of nitrogens with two attached hydrogens (primary N) is 1. The fraction of sp³-hybridized carbons (Fsp3) is 0.462. The van der Waals surface area contributed by atoms with E-state index in [1.807, 2.05) is 6.92 Å². The summed E-state index contributed by atoms with van der Waals surface area (Å²) in [6.07, 6.45) is 0. The Kier molecular flexibility index (Phi) is 6.72. The molecule has 3 N–H and O–H groups in total. The van der Waals surface area contributed by atoms with E-state index >= 15 is 0 Å². The molecule has 1 rings (SSSR count). The van der Waals surface area contributed by atoms with Gasteiger partial charge >= 0.3 is 6.61 Å². The fourth-order valence-electron chi connectivity index (χ4n) is 1.61. The summed E-state index contributed by atoms with van der Waals surface area (Å²) in [6.45, 7) is -0.333. The molecule has 0 saturated heterocycles. The molecule has 0 spiro atoms. The Morgan fingerprint density at radius 1 is 1.40 bits per heavy atom. The van der Waals surface area contributed by atoms with E-state index < -0.39 is 6.61 Å². The summed E-state index contributed by atoms with van der Waals surface area (Å²) in [6, 6.07) is 6.48. The summed E-state index contributed by atoms with van der Waals surface area (Å²) in [5, 5.41) is 2.93. The second-order valence-corrected chi connectivity index (χ2v) is 4.19. The Bertz CT molecular complexity index is 441. The third-order valence-corrected chi connectivity index (χ3v) is 2.42. The summed E-state index contributed by atoms with van der Waals surface area (Å²) < 4.78 is 33.9. The number of alkyl halides is 2. The first-order valence-electron chi connectivity index (χ1n) is 6.11. The van der Waals surface area contributed by atoms with Gasteiger partial charge < -0.3 is 20.5 Å². The van der Waals surface area contributed by atoms with Crippen LogP contribution in [0.2, 0.25) is 0 Å². The van der Waals surface area contributed by atoms with E-state index in [4.69, 9.17) is 10.5 Å². The maximum absolute atomic E-state index is 12.2. The smallest absolute Gasteiger partial charge is 0.387 e. The monoisotopic (exact) mass is 287 g/mol. The van der Waals surface area contributed by atoms with Gasteiger partial charge in [0.25, 0.3) is 0 Å². The maximum atomic E-state index is 12.2. The van der Waals surface area contributed by atoms with Gasteiger partial charge in [-0.3, -0.25) is 0 Å². The van der Waals surface area contributed by atoms with Crippen LogP contribution in [0.5, 0.6) is 5.75 Å². The minimum absolute atomic E-state index is 0.0105. The number of methoxy groups -OCH3 is 1. The number of nitrogens with one attached hydrogen (secondary N) is 1. The van der Waals surface area contributed by atoms with Gasteiger partial charge in [0, 0.05) is 18.7 Å². The zero-order chi connectivity index (χ0) is 15.0. The summed E-state index contributed by atoms with van der Waals surface area (Å²) in [4.78, 5) is 4.09. The SMILES string of the molecule is COC[C@H](C)NC(N)=NCc1ccccc1OC(F)F. The van der Waals surface area contributed by atoms with Crippen LogP contribution in [0.25, 0.3) is 0 Å². The Morgan fingerprint density at radius 3 is 2.75 bits per heavy atom. The molecule has 0 aliphatic rings. The standard InChI is InChI=1S/C13H19F2N3O2/c1-9(8-19-2)18-13(16)17-7-10-5-3-4-6-11(10)20-12(14)15/h3-6,9,12H,7-8H2,1-2H3,(H3,16,17,18)/t9-/m0/s1. The van der Waals surface area contributed by atoms with Crippen LogP contribution in [0.3, 0.4) is 0 Å². The van der Waals surface area contributed by atoms with Crippen molar-refractivity contribution < 1.29 is 18.3 Å². The molecular formula is C13H19F2N3O2. The molecule has 0 aliphatic heterocycles. The van der Waals surface area contributed by atoms with Crippen molar-refractivity contribution in [2.24, 2.45) is 10.7 Å². The lowest BCUT2D eigenvalue weighted by Gasteiger charge is -2.13. The van der Waals surface area contributed by atoms with Gasteiger partial charge in [-0.2, -0.15) is 8.78 Å². The molecule has 0 radical (unpaired) electrons. The number of ether oxygens (including phenoxy) is 2. The second kappa shape index (κ2) is 8.31. The maximum Gasteiger partial charge on any atom is 0.387 e. The van der Waals surface area contributed by atoms with Crippen LogP contribution < -0.4 is 15.8 Å². The topological polar surface area (TPSA) is 68.9 Å². The summed E-state index contributed by atoms with van der Waals surface area (Å²) in [5.74, 6) is 0.324. The largest absolute Gasteiger partial charge is 0.434 e. The van der Waals surface area contributed by atoms with Gasteiger partial charge in [0.05, 0.1) is 13.2 Å². The van der Waals surface area contributed by atoms with E-state index in [-0.39, 0.29) is 24.3 Å². The van der Waals surface area contributed by atoms with Crippen LogP contribution >= 0.6 is 0 Å². The van der Waals surface area contributed by atoms with E-state index in [0.717, 1.165) is 0 Å². The Balaban J connectivity index is 2.64. The van der Waals surface area contributed by atoms with E-state index in [9.17, 15) is 8.78 Å². The molecule has 7 heteroatoms. The van der Waals surface area contributed by atoms with Crippen molar-refractivity contribution in [3.8, 4) is 5.75 Å². The Morgan fingerprint density at radius 2 is 2.10 bits per heavy atom. The molecule has 0 aliphatic carbocycles. The van der Waals surface area contributed by atoms with Crippen molar-refractivity contribution in [3.63, 3.8) is 0 Å². The third kappa shape index (κ3) is 5.83. The van der Waals surface area contributed by atoms with Crippen molar-refractivity contribution in [3.05, 3.63) is 29.8 Å². The molecule has 0 heterocycles. The second-order valence-electron chi connectivity index (χ2n) is 4.19. The number of hydrogen-bond donors (Lipinski definition) is 2. The highest BCUT2D eigenvalue weighted by Crippen LogP contribution is 2.20. The normalized spacial score (nSPS) is 13.3. The van der Waals surface area contributed by atoms with Gasteiger partial charge in [-0.15, -0.1) is 0 Å². The molecule has 0 fully saturated rings. The highest BCUT2D eigenvalue weighted by molar-refractivity contribution is 5.78. The van der Waals surface area contributed by atoms with Crippen molar-refractivity contribution in [2.75, 3.05) is 13.7 Å². The molecule has 0 unspecified atom stereocenters. The summed E-state index contributed by atoms with van der Waals surface area (Å²) >= 11 is 0. The first-order valence-corrected chi connectivity index (χ1v) is 6.11. The number of guanidine groups is 1. The van der Waals surface area contributed by atoms with Gasteiger partial charge in [0.1, 0.15) is 5.75 Å². The van der Waals surface area contributed by atoms with Gasteiger partial charge in [0.15, 0.2) is 5.96 Å². The Labute approximate surface area is 116 Å². The fourth-order valence-corrected chi connectivity index (χ4v) is 1.61. The van der Waals surface area contributed by atoms with E-state index in [0.29, 0.717) is 12.2 Å². The molecular weight excluding hydrogens is 268 g/mol. The van der Waals surface area contributed by atoms with Crippen molar-refractivity contribution in [2.45, 2.75) is 26.1 Å². The lowest BCUT2D eigenvalue weighted by molar-refractivity contribution is -0.0504. The van der Waals surface area contributed by atoms with Crippen LogP contribution in [0.4, 0.5) is 8.78 Å². The quantitative estimate of drug-likeness (QED) is 0.592. The number of hydrogen-bond acceptors (Lipinski definition) is 3. The van der Waals surface area contributed by atoms with Crippen LogP contribution in [-0.4, -0.2) is 32.3 Å². The van der Waals surface area contributed by atoms with Gasteiger partial charge in [0.2, 0.25) is 0 Å². The molecule has 1 atom stereocenters. The summed E-state index contributed by atoms with van der Waals surface area (Å²) in [7, 11) is 1.59. The Hall–Kier alpha value is -1.89. The predicted molar refractivity (Wildman–Crippen MR) is 72.9 cm³/mol. The lowest BCUT2D eigenvalue weighted by atomic mass is 10.2. The number of rotatable bonds is 7. The van der Waals surface area contributed by atoms with Crippen molar-refractivity contribution in [1.29, 1.82) is 0 Å². The van der Waals surface area contributed by atoms with E-state index in [1.54, 1.807) is 25.3 Å². The van der Waals surface area contributed by atoms with Gasteiger partial charge in [-0.25, -0.2) is 4.99 Å². The van der Waals surface area contributed by atoms with Crippen molar-refractivity contribution in [1.82, 2.24) is 5.32 Å². The zero-order valence-corrected chi connectivity index (χ0v) is 11.5. The number of halogens is 2. The molecule has 0 aromatic heterocycles. The minimum Gasteiger partial charge on any atom is -0.434 e. The number of nitrogens with zero attached hydrogens (tertiary/aromatic N) is 1. The molecule has 0 saturated carbocycles. The van der Waals surface area contributed by atoms with Crippen LogP contribution in [0, 0.1) is 0 Å². The molecule has 1 aromatic carbocycles. The van der Waals surface area contributed by atoms with E-state index in [2.05, 4.69) is 15.0 Å². The zero-order valence-electron chi connectivity index (χ0n) is 11.5. The van der Waals surface area contributed by atoms with Crippen LogP contribution in [0.1, 0.15) is 12.5 Å². The molecule has 112 valence electrons. The van der Waals surface area contributed by atoms with Gasteiger partial charge in [-0.05, 0) is 13.0 Å². The number of aliphatic imine (C=N–C) groups is 1. The van der Waals surface area contributed by atoms with Crippen LogP contribution in [0.15, 0.2) is 29.3 Å². The number of benzene rings is 1. The lowest BCUT2D eigenvalue weighted by Crippen LogP contribution is -2.40. The minimum atomic E-state index is -2.86. The predicted octanol–water partition coefficient (Wildman–Crippen LogP) is 1.73. The first-order chi connectivity index (χ1) is 9.52. The molecule has 1 aromatic rings. The van der Waals surface area contributed by atoms with Crippen molar-refractivity contribution >= 4 is 5.96 Å². The highest BCUT2D eigenvalue weighted by Gasteiger charge is 2.09. The first kappa shape index (κ1) is 16.2. The van der Waals surface area contributed by atoms with Gasteiger partial charge in [-0.1, -0.05) is 18.2 Å². The number of para-hydroxylation sites is 1. The van der Waals surface area contributed by atoms with E-state index in [1.165, 1.54) is 6.07 Å². The summed E-state index contributed by atoms with van der Waals surface area (Å²) in [5.41, 5.74) is 6.24. The average molecular weight is 287 g/mol. The average Bonchev–Trinajstić information content (AvgIpc) is 2.37. The molecule has 0 bridgehead atoms. The highest BCUT2D eigenvalue weighted by atomic mass is 19.3.